The quantitative estimate of drug-likeness (QED) is 0.887. The van der Waals surface area contributed by atoms with Crippen LogP contribution in [0.5, 0.6) is 0 Å². The summed E-state index contributed by atoms with van der Waals surface area (Å²) >= 11 is 0. The van der Waals surface area contributed by atoms with E-state index in [0.717, 1.165) is 11.1 Å². The third kappa shape index (κ3) is 2.54. The fourth-order valence-corrected chi connectivity index (χ4v) is 2.34. The molecule has 0 aliphatic heterocycles. The molecule has 1 unspecified atom stereocenters. The van der Waals surface area contributed by atoms with E-state index in [0.29, 0.717) is 0 Å². The molecular weight excluding hydrogens is 239 g/mol. The third-order valence-electron chi connectivity index (χ3n) is 3.93. The number of aryl methyl sites for hydroxylation is 1. The fourth-order valence-electron chi connectivity index (χ4n) is 2.34. The largest absolute Gasteiger partial charge is 0.392 e. The van der Waals surface area contributed by atoms with Crippen LogP contribution in [0.3, 0.4) is 0 Å². The summed E-state index contributed by atoms with van der Waals surface area (Å²) in [5, 5.41) is 10.2. The van der Waals surface area contributed by atoms with Crippen molar-refractivity contribution in [3.05, 3.63) is 71.0 Å². The Hall–Kier alpha value is -1.67. The predicted octanol–water partition coefficient (Wildman–Crippen LogP) is 3.82. The van der Waals surface area contributed by atoms with Crippen molar-refractivity contribution in [2.24, 2.45) is 0 Å². The number of hydrogen-bond donors (Lipinski definition) is 1. The van der Waals surface area contributed by atoms with Crippen LogP contribution < -0.4 is 0 Å². The van der Waals surface area contributed by atoms with E-state index in [9.17, 15) is 9.50 Å². The van der Waals surface area contributed by atoms with Crippen LogP contribution in [-0.4, -0.2) is 11.2 Å². The van der Waals surface area contributed by atoms with Crippen LogP contribution in [-0.2, 0) is 5.41 Å². The van der Waals surface area contributed by atoms with Crippen LogP contribution in [0.4, 0.5) is 4.39 Å². The summed E-state index contributed by atoms with van der Waals surface area (Å²) < 4.78 is 13.1. The molecule has 0 spiro atoms. The standard InChI is InChI=1S/C17H19FO/c1-12-4-6-14(7-5-12)17(3,13(2)19)15-8-10-16(18)11-9-15/h4-11,13,19H,1-3H3/t13-,17?/m0/s1. The second-order valence-corrected chi connectivity index (χ2v) is 5.25. The van der Waals surface area contributed by atoms with Crippen molar-refractivity contribution in [3.63, 3.8) is 0 Å². The number of hydrogen-bond acceptors (Lipinski definition) is 1. The Balaban J connectivity index is 2.54. The molecule has 19 heavy (non-hydrogen) atoms. The van der Waals surface area contributed by atoms with E-state index < -0.39 is 11.5 Å². The van der Waals surface area contributed by atoms with Gasteiger partial charge in [0.2, 0.25) is 0 Å². The highest BCUT2D eigenvalue weighted by molar-refractivity contribution is 5.40. The molecule has 1 nitrogen and oxygen atoms in total. The number of aliphatic hydroxyl groups is 1. The first-order chi connectivity index (χ1) is 8.94. The molecule has 0 aliphatic carbocycles. The maximum atomic E-state index is 13.1. The summed E-state index contributed by atoms with van der Waals surface area (Å²) in [6.45, 7) is 5.78. The number of rotatable bonds is 3. The Morgan fingerprint density at radius 2 is 1.37 bits per heavy atom. The fraction of sp³-hybridized carbons (Fsp3) is 0.294. The van der Waals surface area contributed by atoms with Gasteiger partial charge in [-0.05, 0) is 44.0 Å². The molecule has 2 atom stereocenters. The monoisotopic (exact) mass is 258 g/mol. The molecule has 2 rings (SSSR count). The van der Waals surface area contributed by atoms with Crippen LogP contribution >= 0.6 is 0 Å². The van der Waals surface area contributed by atoms with Gasteiger partial charge in [0, 0.05) is 5.41 Å². The van der Waals surface area contributed by atoms with Gasteiger partial charge in [-0.1, -0.05) is 42.0 Å². The summed E-state index contributed by atoms with van der Waals surface area (Å²) in [5.74, 6) is -0.263. The molecule has 100 valence electrons. The SMILES string of the molecule is Cc1ccc(C(C)(c2ccc(F)cc2)[C@H](C)O)cc1. The molecule has 0 aliphatic rings. The highest BCUT2D eigenvalue weighted by atomic mass is 19.1. The molecule has 0 bridgehead atoms. The van der Waals surface area contributed by atoms with Gasteiger partial charge in [0.05, 0.1) is 6.10 Å². The smallest absolute Gasteiger partial charge is 0.123 e. The molecule has 2 aromatic rings. The van der Waals surface area contributed by atoms with E-state index >= 15 is 0 Å². The van der Waals surface area contributed by atoms with Gasteiger partial charge < -0.3 is 5.11 Å². The zero-order chi connectivity index (χ0) is 14.0. The van der Waals surface area contributed by atoms with E-state index in [4.69, 9.17) is 0 Å². The Bertz CT molecular complexity index is 495. The molecule has 0 aromatic heterocycles. The van der Waals surface area contributed by atoms with Crippen molar-refractivity contribution < 1.29 is 9.50 Å². The van der Waals surface area contributed by atoms with E-state index in [-0.39, 0.29) is 5.82 Å². The van der Waals surface area contributed by atoms with Gasteiger partial charge in [0.25, 0.3) is 0 Å². The zero-order valence-corrected chi connectivity index (χ0v) is 11.5. The topological polar surface area (TPSA) is 20.2 Å². The molecular formula is C17H19FO. The van der Waals surface area contributed by atoms with Crippen molar-refractivity contribution in [1.82, 2.24) is 0 Å². The molecule has 0 saturated heterocycles. The first-order valence-electron chi connectivity index (χ1n) is 6.46. The highest BCUT2D eigenvalue weighted by Crippen LogP contribution is 2.35. The molecule has 0 fully saturated rings. The summed E-state index contributed by atoms with van der Waals surface area (Å²) in [6.07, 6.45) is -0.569. The summed E-state index contributed by atoms with van der Waals surface area (Å²) in [5.41, 5.74) is 2.57. The van der Waals surface area contributed by atoms with Crippen molar-refractivity contribution in [1.29, 1.82) is 0 Å². The van der Waals surface area contributed by atoms with Crippen molar-refractivity contribution in [2.45, 2.75) is 32.3 Å². The predicted molar refractivity (Wildman–Crippen MR) is 75.7 cm³/mol. The third-order valence-corrected chi connectivity index (χ3v) is 3.93. The molecule has 0 radical (unpaired) electrons. The van der Waals surface area contributed by atoms with Gasteiger partial charge in [0.15, 0.2) is 0 Å². The van der Waals surface area contributed by atoms with E-state index in [1.54, 1.807) is 19.1 Å². The molecule has 0 amide bonds. The minimum atomic E-state index is -0.569. The lowest BCUT2D eigenvalue weighted by molar-refractivity contribution is 0.129. The average molecular weight is 258 g/mol. The number of halogens is 1. The molecule has 1 N–H and O–H groups in total. The number of benzene rings is 2. The van der Waals surface area contributed by atoms with Gasteiger partial charge in [-0.15, -0.1) is 0 Å². The lowest BCUT2D eigenvalue weighted by atomic mass is 9.72. The van der Waals surface area contributed by atoms with Crippen LogP contribution in [0.1, 0.15) is 30.5 Å². The lowest BCUT2D eigenvalue weighted by Gasteiger charge is -2.34. The van der Waals surface area contributed by atoms with Crippen molar-refractivity contribution in [3.8, 4) is 0 Å². The van der Waals surface area contributed by atoms with Gasteiger partial charge in [-0.2, -0.15) is 0 Å². The van der Waals surface area contributed by atoms with E-state index in [1.165, 1.54) is 17.7 Å². The Morgan fingerprint density at radius 3 is 1.79 bits per heavy atom. The van der Waals surface area contributed by atoms with Crippen LogP contribution in [0, 0.1) is 12.7 Å². The zero-order valence-electron chi connectivity index (χ0n) is 11.5. The van der Waals surface area contributed by atoms with Gasteiger partial charge in [-0.25, -0.2) is 4.39 Å². The highest BCUT2D eigenvalue weighted by Gasteiger charge is 2.33. The van der Waals surface area contributed by atoms with Gasteiger partial charge >= 0.3 is 0 Å². The summed E-state index contributed by atoms with van der Waals surface area (Å²) in [4.78, 5) is 0. The second kappa shape index (κ2) is 5.14. The van der Waals surface area contributed by atoms with Crippen LogP contribution in [0.15, 0.2) is 48.5 Å². The summed E-state index contributed by atoms with van der Waals surface area (Å²) in [7, 11) is 0. The van der Waals surface area contributed by atoms with E-state index in [1.807, 2.05) is 38.1 Å². The average Bonchev–Trinajstić information content (AvgIpc) is 2.39. The first kappa shape index (κ1) is 13.8. The summed E-state index contributed by atoms with van der Waals surface area (Å²) in [6, 6.07) is 14.4. The Labute approximate surface area is 113 Å². The normalized spacial score (nSPS) is 15.8. The minimum absolute atomic E-state index is 0.263. The number of aliphatic hydroxyl groups excluding tert-OH is 1. The van der Waals surface area contributed by atoms with Crippen molar-refractivity contribution >= 4 is 0 Å². The first-order valence-corrected chi connectivity index (χ1v) is 6.46. The van der Waals surface area contributed by atoms with Gasteiger partial charge in [-0.3, -0.25) is 0 Å². The Morgan fingerprint density at radius 1 is 0.947 bits per heavy atom. The van der Waals surface area contributed by atoms with Gasteiger partial charge in [0.1, 0.15) is 5.82 Å². The molecule has 0 saturated carbocycles. The lowest BCUT2D eigenvalue weighted by Crippen LogP contribution is -2.35. The Kier molecular flexibility index (Phi) is 3.72. The second-order valence-electron chi connectivity index (χ2n) is 5.25. The van der Waals surface area contributed by atoms with E-state index in [2.05, 4.69) is 0 Å². The molecule has 0 heterocycles. The van der Waals surface area contributed by atoms with Crippen LogP contribution in [0.2, 0.25) is 0 Å². The molecule has 2 heteroatoms. The van der Waals surface area contributed by atoms with Crippen LogP contribution in [0.25, 0.3) is 0 Å². The maximum Gasteiger partial charge on any atom is 0.123 e. The minimum Gasteiger partial charge on any atom is -0.392 e. The van der Waals surface area contributed by atoms with Crippen molar-refractivity contribution in [2.75, 3.05) is 0 Å². The molecule has 2 aromatic carbocycles. The maximum absolute atomic E-state index is 13.1.